The normalized spacial score (nSPS) is 11.2. The molecule has 32 heavy (non-hydrogen) atoms. The molecule has 0 atom stereocenters. The first kappa shape index (κ1) is 21.3. The Morgan fingerprint density at radius 1 is 1.09 bits per heavy atom. The molecule has 9 heteroatoms. The third kappa shape index (κ3) is 4.37. The average molecular weight is 449 g/mol. The lowest BCUT2D eigenvalue weighted by atomic mass is 10.2. The molecule has 0 spiro atoms. The molecule has 0 saturated carbocycles. The van der Waals surface area contributed by atoms with Gasteiger partial charge in [-0.05, 0) is 29.7 Å². The van der Waals surface area contributed by atoms with Gasteiger partial charge in [0.1, 0.15) is 12.3 Å². The van der Waals surface area contributed by atoms with Gasteiger partial charge in [-0.3, -0.25) is 13.9 Å². The maximum Gasteiger partial charge on any atom is 0.331 e. The lowest BCUT2D eigenvalue weighted by Crippen LogP contribution is -2.38. The van der Waals surface area contributed by atoms with E-state index in [1.165, 1.54) is 30.8 Å². The van der Waals surface area contributed by atoms with Crippen molar-refractivity contribution in [3.63, 3.8) is 0 Å². The molecule has 0 saturated heterocycles. The summed E-state index contributed by atoms with van der Waals surface area (Å²) >= 11 is 1.56. The molecule has 0 aliphatic heterocycles. The number of carbonyl (C=O) groups is 1. The molecule has 0 N–H and O–H groups in total. The molecule has 0 aliphatic carbocycles. The van der Waals surface area contributed by atoms with Crippen LogP contribution in [-0.2, 0) is 30.2 Å². The van der Waals surface area contributed by atoms with Crippen LogP contribution in [-0.4, -0.2) is 24.9 Å². The third-order valence-corrected chi connectivity index (χ3v) is 5.78. The summed E-state index contributed by atoms with van der Waals surface area (Å²) in [6.45, 7) is -0.188. The second kappa shape index (κ2) is 9.03. The number of thiophene rings is 1. The van der Waals surface area contributed by atoms with Crippen molar-refractivity contribution >= 4 is 23.4 Å². The van der Waals surface area contributed by atoms with E-state index in [1.54, 1.807) is 22.1 Å². The van der Waals surface area contributed by atoms with Crippen molar-refractivity contribution in [2.24, 2.45) is 14.1 Å². The zero-order chi connectivity index (χ0) is 22.7. The molecule has 4 rings (SSSR count). The lowest BCUT2D eigenvalue weighted by Gasteiger charge is -2.09. The molecule has 0 amide bonds. The van der Waals surface area contributed by atoms with Gasteiger partial charge in [0, 0.05) is 38.0 Å². The van der Waals surface area contributed by atoms with Crippen molar-refractivity contribution in [1.82, 2.24) is 18.9 Å². The van der Waals surface area contributed by atoms with Crippen LogP contribution in [0.15, 0.2) is 75.8 Å². The monoisotopic (exact) mass is 448 g/mol. The van der Waals surface area contributed by atoms with E-state index in [9.17, 15) is 14.4 Å². The van der Waals surface area contributed by atoms with Gasteiger partial charge in [0.05, 0.1) is 16.3 Å². The van der Waals surface area contributed by atoms with Gasteiger partial charge >= 0.3 is 11.7 Å². The first-order valence-corrected chi connectivity index (χ1v) is 10.6. The van der Waals surface area contributed by atoms with Crippen LogP contribution in [0.25, 0.3) is 22.3 Å². The molecular weight excluding hydrogens is 428 g/mol. The number of hydrogen-bond donors (Lipinski definition) is 0. The summed E-state index contributed by atoms with van der Waals surface area (Å²) in [5, 5.41) is 6.65. The van der Waals surface area contributed by atoms with Gasteiger partial charge in [0.15, 0.2) is 0 Å². The molecule has 1 aromatic carbocycles. The number of ether oxygens (including phenoxy) is 1. The fourth-order valence-electron chi connectivity index (χ4n) is 3.09. The number of benzene rings is 1. The molecule has 0 bridgehead atoms. The molecule has 0 unspecified atom stereocenters. The van der Waals surface area contributed by atoms with Crippen molar-refractivity contribution in [2.45, 2.75) is 6.61 Å². The van der Waals surface area contributed by atoms with Crippen LogP contribution >= 0.6 is 11.3 Å². The number of rotatable bonds is 6. The minimum absolute atomic E-state index is 0.188. The van der Waals surface area contributed by atoms with Crippen LogP contribution in [0.5, 0.6) is 0 Å². The number of esters is 1. The summed E-state index contributed by atoms with van der Waals surface area (Å²) in [4.78, 5) is 37.1. The first-order chi connectivity index (χ1) is 15.4. The molecule has 0 radical (unpaired) electrons. The fraction of sp³-hybridized carbons (Fsp3) is 0.130. The molecule has 162 valence electrons. The highest BCUT2D eigenvalue weighted by Crippen LogP contribution is 2.28. The van der Waals surface area contributed by atoms with Crippen LogP contribution in [0.1, 0.15) is 11.3 Å². The largest absolute Gasteiger partial charge is 0.456 e. The quantitative estimate of drug-likeness (QED) is 0.334. The highest BCUT2D eigenvalue weighted by Gasteiger charge is 2.12. The first-order valence-electron chi connectivity index (χ1n) is 9.74. The van der Waals surface area contributed by atoms with Crippen molar-refractivity contribution in [1.29, 1.82) is 0 Å². The van der Waals surface area contributed by atoms with Gasteiger partial charge in [-0.25, -0.2) is 14.3 Å². The van der Waals surface area contributed by atoms with Gasteiger partial charge in [-0.1, -0.05) is 24.3 Å². The maximum absolute atomic E-state index is 12.3. The molecule has 3 aromatic heterocycles. The molecule has 0 aliphatic rings. The van der Waals surface area contributed by atoms with Crippen LogP contribution in [0.2, 0.25) is 0 Å². The van der Waals surface area contributed by atoms with Crippen molar-refractivity contribution in [3.8, 4) is 16.3 Å². The Hall–Kier alpha value is -3.98. The van der Waals surface area contributed by atoms with E-state index in [2.05, 4.69) is 5.10 Å². The van der Waals surface area contributed by atoms with E-state index in [1.807, 2.05) is 54.0 Å². The summed E-state index contributed by atoms with van der Waals surface area (Å²) in [6, 6.07) is 14.9. The fourth-order valence-corrected chi connectivity index (χ4v) is 3.83. The van der Waals surface area contributed by atoms with Crippen LogP contribution in [0.4, 0.5) is 0 Å². The zero-order valence-corrected chi connectivity index (χ0v) is 18.3. The van der Waals surface area contributed by atoms with Gasteiger partial charge < -0.3 is 4.74 Å². The predicted octanol–water partition coefficient (Wildman–Crippen LogP) is 2.75. The Labute approximate surface area is 187 Å². The Morgan fingerprint density at radius 2 is 1.88 bits per heavy atom. The summed E-state index contributed by atoms with van der Waals surface area (Å²) in [7, 11) is 2.91. The van der Waals surface area contributed by atoms with Crippen LogP contribution < -0.4 is 11.2 Å². The summed E-state index contributed by atoms with van der Waals surface area (Å²) in [5.41, 5.74) is 1.79. The van der Waals surface area contributed by atoms with Gasteiger partial charge in [0.2, 0.25) is 0 Å². The van der Waals surface area contributed by atoms with Gasteiger partial charge in [-0.2, -0.15) is 5.10 Å². The Balaban J connectivity index is 1.55. The topological polar surface area (TPSA) is 88.1 Å². The van der Waals surface area contributed by atoms with Crippen molar-refractivity contribution in [2.75, 3.05) is 0 Å². The van der Waals surface area contributed by atoms with E-state index >= 15 is 0 Å². The van der Waals surface area contributed by atoms with E-state index in [0.29, 0.717) is 5.69 Å². The maximum atomic E-state index is 12.3. The number of aromatic nitrogens is 4. The number of carbonyl (C=O) groups excluding carboxylic acids is 1. The van der Waals surface area contributed by atoms with Crippen molar-refractivity contribution < 1.29 is 9.53 Å². The lowest BCUT2D eigenvalue weighted by molar-refractivity contribution is -0.139. The number of nitrogens with zero attached hydrogens (tertiary/aromatic N) is 4. The minimum Gasteiger partial charge on any atom is -0.456 e. The van der Waals surface area contributed by atoms with Gasteiger partial charge in [-0.15, -0.1) is 11.3 Å². The minimum atomic E-state index is -0.595. The summed E-state index contributed by atoms with van der Waals surface area (Å²) in [5.74, 6) is -0.595. The Morgan fingerprint density at radius 3 is 2.59 bits per heavy atom. The highest BCUT2D eigenvalue weighted by molar-refractivity contribution is 7.13. The predicted molar refractivity (Wildman–Crippen MR) is 123 cm³/mol. The molecular formula is C23H20N4O4S. The van der Waals surface area contributed by atoms with E-state index in [-0.39, 0.29) is 6.61 Å². The zero-order valence-electron chi connectivity index (χ0n) is 17.5. The highest BCUT2D eigenvalue weighted by atomic mass is 32.1. The number of hydrogen-bond acceptors (Lipinski definition) is 6. The summed E-state index contributed by atoms with van der Waals surface area (Å²) < 4.78 is 9.27. The van der Waals surface area contributed by atoms with E-state index < -0.39 is 17.2 Å². The van der Waals surface area contributed by atoms with E-state index in [4.69, 9.17) is 4.74 Å². The second-order valence-corrected chi connectivity index (χ2v) is 7.95. The van der Waals surface area contributed by atoms with Crippen molar-refractivity contribution in [3.05, 3.63) is 98.3 Å². The second-order valence-electron chi connectivity index (χ2n) is 7.01. The average Bonchev–Trinajstić information content (AvgIpc) is 3.48. The Kier molecular flexibility index (Phi) is 6.00. The van der Waals surface area contributed by atoms with E-state index in [0.717, 1.165) is 26.4 Å². The van der Waals surface area contributed by atoms with Gasteiger partial charge in [0.25, 0.3) is 5.56 Å². The standard InChI is InChI=1S/C23H20N4O4S/c1-25-18(13-20(28)26(2)23(25)30)15-31-21(29)11-10-16-14-27(17-7-4-3-5-8-17)24-22(16)19-9-6-12-32-19/h3-14H,15H2,1-2H3/b11-10+. The molecule has 4 aromatic rings. The molecule has 8 nitrogen and oxygen atoms in total. The number of para-hydroxylation sites is 1. The molecule has 0 fully saturated rings. The smallest absolute Gasteiger partial charge is 0.331 e. The van der Waals surface area contributed by atoms with Crippen LogP contribution in [0.3, 0.4) is 0 Å². The van der Waals surface area contributed by atoms with Crippen LogP contribution in [0, 0.1) is 0 Å². The third-order valence-electron chi connectivity index (χ3n) is 4.90. The summed E-state index contributed by atoms with van der Waals surface area (Å²) in [6.07, 6.45) is 4.80. The molecule has 3 heterocycles. The SMILES string of the molecule is Cn1c(COC(=O)/C=C/c2cn(-c3ccccc3)nc2-c2cccs2)cc(=O)n(C)c1=O. The Bertz CT molecular complexity index is 1400.